The fourth-order valence-corrected chi connectivity index (χ4v) is 1.53. The Kier molecular flexibility index (Phi) is 4.43. The molecule has 0 spiro atoms. The van der Waals surface area contributed by atoms with Gasteiger partial charge in [0.15, 0.2) is 0 Å². The Morgan fingerprint density at radius 1 is 1.47 bits per heavy atom. The molecule has 1 rings (SSSR count). The lowest BCUT2D eigenvalue weighted by atomic mass is 10.1. The van der Waals surface area contributed by atoms with Gasteiger partial charge in [0, 0.05) is 19.2 Å². The summed E-state index contributed by atoms with van der Waals surface area (Å²) in [6.07, 6.45) is 0. The summed E-state index contributed by atoms with van der Waals surface area (Å²) in [4.78, 5) is 12.3. The summed E-state index contributed by atoms with van der Waals surface area (Å²) in [5.41, 5.74) is 0.0978. The van der Waals surface area contributed by atoms with Gasteiger partial charge in [-0.15, -0.1) is 0 Å². The Morgan fingerprint density at radius 3 is 2.65 bits per heavy atom. The predicted octanol–water partition coefficient (Wildman–Crippen LogP) is 2.51. The molecule has 0 fully saturated rings. The highest BCUT2D eigenvalue weighted by Crippen LogP contribution is 2.21. The van der Waals surface area contributed by atoms with E-state index >= 15 is 0 Å². The lowest BCUT2D eigenvalue weighted by molar-refractivity contribution is -0.140. The molecule has 0 saturated heterocycles. The van der Waals surface area contributed by atoms with E-state index in [1.165, 1.54) is 11.8 Å². The first-order valence-electron chi connectivity index (χ1n) is 5.38. The summed E-state index contributed by atoms with van der Waals surface area (Å²) in [7, 11) is 0. The molecular weight excluding hydrogens is 228 g/mol. The number of aliphatic carboxylic acids is 1. The second-order valence-electron chi connectivity index (χ2n) is 3.87. The van der Waals surface area contributed by atoms with Gasteiger partial charge in [-0.05, 0) is 19.1 Å². The van der Waals surface area contributed by atoms with Crippen molar-refractivity contribution in [3.8, 4) is 0 Å². The molecule has 3 nitrogen and oxygen atoms in total. The van der Waals surface area contributed by atoms with Gasteiger partial charge in [-0.3, -0.25) is 4.79 Å². The van der Waals surface area contributed by atoms with Gasteiger partial charge in [0.2, 0.25) is 0 Å². The Hall–Kier alpha value is -1.65. The van der Waals surface area contributed by atoms with E-state index in [1.807, 2.05) is 0 Å². The normalized spacial score (nSPS) is 12.2. The van der Waals surface area contributed by atoms with Crippen LogP contribution in [0.25, 0.3) is 0 Å². The van der Waals surface area contributed by atoms with Crippen molar-refractivity contribution in [2.45, 2.75) is 13.8 Å². The minimum Gasteiger partial charge on any atom is -0.481 e. The molecule has 17 heavy (non-hydrogen) atoms. The summed E-state index contributed by atoms with van der Waals surface area (Å²) in [6, 6.07) is 3.15. The van der Waals surface area contributed by atoms with Crippen LogP contribution in [0.5, 0.6) is 0 Å². The van der Waals surface area contributed by atoms with Gasteiger partial charge in [-0.1, -0.05) is 6.92 Å². The van der Waals surface area contributed by atoms with Crippen molar-refractivity contribution in [1.29, 1.82) is 0 Å². The van der Waals surface area contributed by atoms with Crippen LogP contribution in [0.1, 0.15) is 13.8 Å². The number of benzene rings is 1. The zero-order valence-corrected chi connectivity index (χ0v) is 9.78. The van der Waals surface area contributed by atoms with Crippen LogP contribution in [-0.4, -0.2) is 24.2 Å². The molecule has 0 saturated carbocycles. The van der Waals surface area contributed by atoms with E-state index in [0.29, 0.717) is 6.54 Å². The maximum absolute atomic E-state index is 13.5. The number of rotatable bonds is 5. The zero-order chi connectivity index (χ0) is 13.0. The van der Waals surface area contributed by atoms with Gasteiger partial charge in [0.25, 0.3) is 0 Å². The topological polar surface area (TPSA) is 40.5 Å². The summed E-state index contributed by atoms with van der Waals surface area (Å²) in [5.74, 6) is -2.69. The van der Waals surface area contributed by atoms with E-state index in [9.17, 15) is 13.6 Å². The highest BCUT2D eigenvalue weighted by molar-refractivity contribution is 5.70. The quantitative estimate of drug-likeness (QED) is 0.863. The molecule has 0 amide bonds. The third kappa shape index (κ3) is 3.41. The Balaban J connectivity index is 2.93. The predicted molar refractivity (Wildman–Crippen MR) is 61.0 cm³/mol. The average molecular weight is 243 g/mol. The zero-order valence-electron chi connectivity index (χ0n) is 9.78. The third-order valence-corrected chi connectivity index (χ3v) is 2.55. The van der Waals surface area contributed by atoms with Crippen LogP contribution < -0.4 is 4.90 Å². The number of hydrogen-bond donors (Lipinski definition) is 1. The number of nitrogens with zero attached hydrogens (tertiary/aromatic N) is 1. The molecule has 0 radical (unpaired) electrons. The Morgan fingerprint density at radius 2 is 2.12 bits per heavy atom. The molecule has 0 heterocycles. The third-order valence-electron chi connectivity index (χ3n) is 2.55. The molecule has 0 aliphatic carbocycles. The number of carboxylic acids is 1. The first kappa shape index (κ1) is 13.4. The summed E-state index contributed by atoms with van der Waals surface area (Å²) in [6.45, 7) is 3.85. The number of anilines is 1. The fourth-order valence-electron chi connectivity index (χ4n) is 1.53. The number of halogens is 2. The minimum atomic E-state index is -0.958. The minimum absolute atomic E-state index is 0.0978. The molecular formula is C12H15F2NO2. The van der Waals surface area contributed by atoms with Crippen molar-refractivity contribution in [3.63, 3.8) is 0 Å². The van der Waals surface area contributed by atoms with Gasteiger partial charge in [-0.25, -0.2) is 8.78 Å². The van der Waals surface area contributed by atoms with Crippen LogP contribution in [0, 0.1) is 17.6 Å². The van der Waals surface area contributed by atoms with Crippen molar-refractivity contribution in [3.05, 3.63) is 29.8 Å². The Labute approximate surface area is 98.7 Å². The average Bonchev–Trinajstić information content (AvgIpc) is 2.29. The Bertz CT molecular complexity index is 409. The molecule has 0 bridgehead atoms. The van der Waals surface area contributed by atoms with Gasteiger partial charge in [0.1, 0.15) is 11.6 Å². The first-order chi connectivity index (χ1) is 7.95. The SMILES string of the molecule is CCN(CC(C)C(=O)O)c1cc(F)ccc1F. The van der Waals surface area contributed by atoms with E-state index in [1.54, 1.807) is 6.92 Å². The molecule has 1 N–H and O–H groups in total. The molecule has 1 aromatic carbocycles. The van der Waals surface area contributed by atoms with Crippen molar-refractivity contribution in [2.75, 3.05) is 18.0 Å². The lowest BCUT2D eigenvalue weighted by Gasteiger charge is -2.25. The van der Waals surface area contributed by atoms with Gasteiger partial charge in [0.05, 0.1) is 11.6 Å². The van der Waals surface area contributed by atoms with Crippen LogP contribution >= 0.6 is 0 Å². The maximum atomic E-state index is 13.5. The highest BCUT2D eigenvalue weighted by atomic mass is 19.1. The van der Waals surface area contributed by atoms with Gasteiger partial charge >= 0.3 is 5.97 Å². The second-order valence-corrected chi connectivity index (χ2v) is 3.87. The number of carbonyl (C=O) groups is 1. The van der Waals surface area contributed by atoms with Gasteiger partial charge < -0.3 is 10.0 Å². The van der Waals surface area contributed by atoms with E-state index in [0.717, 1.165) is 18.2 Å². The van der Waals surface area contributed by atoms with Crippen molar-refractivity contribution < 1.29 is 18.7 Å². The molecule has 0 aromatic heterocycles. The van der Waals surface area contributed by atoms with Gasteiger partial charge in [-0.2, -0.15) is 0 Å². The fraction of sp³-hybridized carbons (Fsp3) is 0.417. The number of hydrogen-bond acceptors (Lipinski definition) is 2. The molecule has 1 aromatic rings. The smallest absolute Gasteiger partial charge is 0.308 e. The molecule has 1 unspecified atom stereocenters. The summed E-state index contributed by atoms with van der Waals surface area (Å²) in [5, 5.41) is 8.80. The molecule has 94 valence electrons. The van der Waals surface area contributed by atoms with Crippen LogP contribution in [0.3, 0.4) is 0 Å². The van der Waals surface area contributed by atoms with E-state index in [-0.39, 0.29) is 12.2 Å². The molecule has 5 heteroatoms. The largest absolute Gasteiger partial charge is 0.481 e. The lowest BCUT2D eigenvalue weighted by Crippen LogP contribution is -2.32. The molecule has 0 aliphatic rings. The summed E-state index contributed by atoms with van der Waals surface area (Å²) >= 11 is 0. The van der Waals surface area contributed by atoms with Crippen LogP contribution in [0.15, 0.2) is 18.2 Å². The van der Waals surface area contributed by atoms with Crippen molar-refractivity contribution >= 4 is 11.7 Å². The van der Waals surface area contributed by atoms with Crippen molar-refractivity contribution in [1.82, 2.24) is 0 Å². The van der Waals surface area contributed by atoms with E-state index in [2.05, 4.69) is 0 Å². The second kappa shape index (κ2) is 5.61. The highest BCUT2D eigenvalue weighted by Gasteiger charge is 2.18. The standard InChI is InChI=1S/C12H15F2NO2/c1-3-15(7-8(2)12(16)17)11-6-9(13)4-5-10(11)14/h4-6,8H,3,7H2,1-2H3,(H,16,17). The first-order valence-corrected chi connectivity index (χ1v) is 5.38. The van der Waals surface area contributed by atoms with E-state index < -0.39 is 23.5 Å². The monoisotopic (exact) mass is 243 g/mol. The van der Waals surface area contributed by atoms with Crippen LogP contribution in [0.2, 0.25) is 0 Å². The summed E-state index contributed by atoms with van der Waals surface area (Å²) < 4.78 is 26.5. The van der Waals surface area contributed by atoms with Crippen molar-refractivity contribution in [2.24, 2.45) is 5.92 Å². The number of carboxylic acid groups (broad SMARTS) is 1. The molecule has 0 aliphatic heterocycles. The van der Waals surface area contributed by atoms with Crippen LogP contribution in [0.4, 0.5) is 14.5 Å². The molecule has 1 atom stereocenters. The maximum Gasteiger partial charge on any atom is 0.308 e. The van der Waals surface area contributed by atoms with E-state index in [4.69, 9.17) is 5.11 Å². The van der Waals surface area contributed by atoms with Crippen LogP contribution in [-0.2, 0) is 4.79 Å².